The molecule has 2 aromatic rings. The fraction of sp³-hybridized carbons (Fsp3) is 0.400. The molecule has 0 unspecified atom stereocenters. The van der Waals surface area contributed by atoms with Crippen molar-refractivity contribution < 1.29 is 4.39 Å². The van der Waals surface area contributed by atoms with Gasteiger partial charge >= 0.3 is 0 Å². The van der Waals surface area contributed by atoms with E-state index in [-0.39, 0.29) is 5.82 Å². The van der Waals surface area contributed by atoms with Crippen LogP contribution in [0.15, 0.2) is 30.6 Å². The molecule has 0 amide bonds. The standard InChI is InChI=1S/C15H20FN3/c1-3-7-19-8-6-18-15(19)10-12-4-5-14(16)13(9-12)11-17-2/h4-6,8-9,17H,3,7,10-11H2,1-2H3. The monoisotopic (exact) mass is 261 g/mol. The zero-order chi connectivity index (χ0) is 13.7. The number of aryl methyl sites for hydroxylation is 1. The third-order valence-corrected chi connectivity index (χ3v) is 3.11. The second kappa shape index (κ2) is 6.48. The van der Waals surface area contributed by atoms with Gasteiger partial charge in [0.25, 0.3) is 0 Å². The van der Waals surface area contributed by atoms with E-state index in [1.165, 1.54) is 6.07 Å². The molecule has 1 N–H and O–H groups in total. The van der Waals surface area contributed by atoms with E-state index in [0.29, 0.717) is 12.1 Å². The third kappa shape index (κ3) is 3.41. The molecule has 4 heteroatoms. The quantitative estimate of drug-likeness (QED) is 0.866. The number of halogens is 1. The van der Waals surface area contributed by atoms with Crippen molar-refractivity contribution in [3.8, 4) is 0 Å². The van der Waals surface area contributed by atoms with Gasteiger partial charge in [0.1, 0.15) is 11.6 Å². The van der Waals surface area contributed by atoms with Gasteiger partial charge in [-0.25, -0.2) is 9.37 Å². The first-order valence-electron chi connectivity index (χ1n) is 6.66. The lowest BCUT2D eigenvalue weighted by molar-refractivity contribution is 0.599. The molecule has 0 aliphatic carbocycles. The van der Waals surface area contributed by atoms with E-state index in [4.69, 9.17) is 0 Å². The van der Waals surface area contributed by atoms with E-state index < -0.39 is 0 Å². The summed E-state index contributed by atoms with van der Waals surface area (Å²) in [5, 5.41) is 2.98. The normalized spacial score (nSPS) is 10.9. The average Bonchev–Trinajstić information content (AvgIpc) is 2.82. The van der Waals surface area contributed by atoms with Crippen LogP contribution in [0.25, 0.3) is 0 Å². The van der Waals surface area contributed by atoms with Crippen molar-refractivity contribution in [2.24, 2.45) is 0 Å². The van der Waals surface area contributed by atoms with Crippen LogP contribution in [0.2, 0.25) is 0 Å². The van der Waals surface area contributed by atoms with E-state index >= 15 is 0 Å². The smallest absolute Gasteiger partial charge is 0.127 e. The maximum absolute atomic E-state index is 13.6. The molecule has 0 spiro atoms. The van der Waals surface area contributed by atoms with Crippen LogP contribution >= 0.6 is 0 Å². The summed E-state index contributed by atoms with van der Waals surface area (Å²) < 4.78 is 15.7. The minimum Gasteiger partial charge on any atom is -0.335 e. The van der Waals surface area contributed by atoms with E-state index in [1.54, 1.807) is 0 Å². The second-order valence-electron chi connectivity index (χ2n) is 4.67. The Balaban J connectivity index is 2.18. The fourth-order valence-electron chi connectivity index (χ4n) is 2.20. The van der Waals surface area contributed by atoms with Gasteiger partial charge in [-0.05, 0) is 25.1 Å². The summed E-state index contributed by atoms with van der Waals surface area (Å²) in [6.07, 6.45) is 5.64. The van der Waals surface area contributed by atoms with Gasteiger partial charge in [0.2, 0.25) is 0 Å². The Labute approximate surface area is 113 Å². The van der Waals surface area contributed by atoms with Crippen molar-refractivity contribution >= 4 is 0 Å². The molecule has 102 valence electrons. The summed E-state index contributed by atoms with van der Waals surface area (Å²) in [6.45, 7) is 3.66. The minimum atomic E-state index is -0.157. The van der Waals surface area contributed by atoms with Crippen molar-refractivity contribution in [2.75, 3.05) is 7.05 Å². The Hall–Kier alpha value is -1.68. The third-order valence-electron chi connectivity index (χ3n) is 3.11. The molecule has 19 heavy (non-hydrogen) atoms. The molecule has 2 rings (SSSR count). The Morgan fingerprint density at radius 3 is 2.95 bits per heavy atom. The molecule has 0 radical (unpaired) electrons. The zero-order valence-electron chi connectivity index (χ0n) is 11.5. The molecule has 1 aromatic heterocycles. The molecule has 3 nitrogen and oxygen atoms in total. The number of aromatic nitrogens is 2. The van der Waals surface area contributed by atoms with Crippen molar-refractivity contribution in [3.63, 3.8) is 0 Å². The molecule has 1 aromatic carbocycles. The predicted molar refractivity (Wildman–Crippen MR) is 74.5 cm³/mol. The van der Waals surface area contributed by atoms with Crippen LogP contribution in [0, 0.1) is 5.82 Å². The maximum Gasteiger partial charge on any atom is 0.127 e. The maximum atomic E-state index is 13.6. The van der Waals surface area contributed by atoms with Gasteiger partial charge in [-0.2, -0.15) is 0 Å². The van der Waals surface area contributed by atoms with Gasteiger partial charge in [-0.15, -0.1) is 0 Å². The minimum absolute atomic E-state index is 0.157. The summed E-state index contributed by atoms with van der Waals surface area (Å²) >= 11 is 0. The highest BCUT2D eigenvalue weighted by atomic mass is 19.1. The predicted octanol–water partition coefficient (Wildman–Crippen LogP) is 2.74. The number of hydrogen-bond donors (Lipinski definition) is 1. The van der Waals surface area contributed by atoms with Gasteiger partial charge in [0, 0.05) is 37.5 Å². The molecule has 0 atom stereocenters. The summed E-state index contributed by atoms with van der Waals surface area (Å²) in [6, 6.07) is 5.28. The Morgan fingerprint density at radius 2 is 2.21 bits per heavy atom. The lowest BCUT2D eigenvalue weighted by atomic mass is 10.1. The van der Waals surface area contributed by atoms with E-state index in [2.05, 4.69) is 21.8 Å². The number of hydrogen-bond acceptors (Lipinski definition) is 2. The Bertz CT molecular complexity index is 534. The number of rotatable bonds is 6. The molecule has 0 aliphatic rings. The molecule has 1 heterocycles. The molecular formula is C15H20FN3. The molecular weight excluding hydrogens is 241 g/mol. The van der Waals surface area contributed by atoms with Gasteiger partial charge in [-0.1, -0.05) is 19.1 Å². The van der Waals surface area contributed by atoms with Crippen molar-refractivity contribution in [1.29, 1.82) is 0 Å². The van der Waals surface area contributed by atoms with Crippen LogP contribution < -0.4 is 5.32 Å². The average molecular weight is 261 g/mol. The van der Waals surface area contributed by atoms with Gasteiger partial charge in [-0.3, -0.25) is 0 Å². The van der Waals surface area contributed by atoms with Gasteiger partial charge in [0.15, 0.2) is 0 Å². The Morgan fingerprint density at radius 1 is 1.37 bits per heavy atom. The van der Waals surface area contributed by atoms with Crippen molar-refractivity contribution in [2.45, 2.75) is 32.9 Å². The first-order valence-corrected chi connectivity index (χ1v) is 6.66. The highest BCUT2D eigenvalue weighted by Gasteiger charge is 2.07. The van der Waals surface area contributed by atoms with Crippen LogP contribution in [-0.4, -0.2) is 16.6 Å². The highest BCUT2D eigenvalue weighted by molar-refractivity contribution is 5.27. The summed E-state index contributed by atoms with van der Waals surface area (Å²) in [7, 11) is 1.82. The topological polar surface area (TPSA) is 29.9 Å². The second-order valence-corrected chi connectivity index (χ2v) is 4.67. The summed E-state index contributed by atoms with van der Waals surface area (Å²) in [4.78, 5) is 4.38. The Kier molecular flexibility index (Phi) is 4.68. The highest BCUT2D eigenvalue weighted by Crippen LogP contribution is 2.14. The van der Waals surface area contributed by atoms with Gasteiger partial charge in [0.05, 0.1) is 0 Å². The van der Waals surface area contributed by atoms with Crippen LogP contribution in [-0.2, 0) is 19.5 Å². The van der Waals surface area contributed by atoms with E-state index in [9.17, 15) is 4.39 Å². The molecule has 0 saturated carbocycles. The number of benzene rings is 1. The van der Waals surface area contributed by atoms with E-state index in [1.807, 2.05) is 31.6 Å². The molecule has 0 aliphatic heterocycles. The first-order chi connectivity index (χ1) is 9.24. The van der Waals surface area contributed by atoms with Gasteiger partial charge < -0.3 is 9.88 Å². The van der Waals surface area contributed by atoms with Crippen LogP contribution in [0.5, 0.6) is 0 Å². The fourth-order valence-corrected chi connectivity index (χ4v) is 2.20. The lowest BCUT2D eigenvalue weighted by Gasteiger charge is -2.08. The lowest BCUT2D eigenvalue weighted by Crippen LogP contribution is -2.08. The first kappa shape index (κ1) is 13.7. The number of imidazole rings is 1. The van der Waals surface area contributed by atoms with Crippen molar-refractivity contribution in [3.05, 3.63) is 53.4 Å². The molecule has 0 fully saturated rings. The molecule has 0 saturated heterocycles. The zero-order valence-corrected chi connectivity index (χ0v) is 11.5. The summed E-state index contributed by atoms with van der Waals surface area (Å²) in [5.74, 6) is 0.874. The van der Waals surface area contributed by atoms with E-state index in [0.717, 1.165) is 30.8 Å². The summed E-state index contributed by atoms with van der Waals surface area (Å²) in [5.41, 5.74) is 1.80. The van der Waals surface area contributed by atoms with Crippen molar-refractivity contribution in [1.82, 2.24) is 14.9 Å². The van der Waals surface area contributed by atoms with Crippen LogP contribution in [0.4, 0.5) is 4.39 Å². The largest absolute Gasteiger partial charge is 0.335 e. The van der Waals surface area contributed by atoms with Crippen LogP contribution in [0.3, 0.4) is 0 Å². The SMILES string of the molecule is CCCn1ccnc1Cc1ccc(F)c(CNC)c1. The number of nitrogens with zero attached hydrogens (tertiary/aromatic N) is 2. The van der Waals surface area contributed by atoms with Crippen LogP contribution in [0.1, 0.15) is 30.3 Å². The number of nitrogens with one attached hydrogen (secondary N) is 1. The molecule has 0 bridgehead atoms.